The first-order chi connectivity index (χ1) is 21.7. The third-order valence-corrected chi connectivity index (χ3v) is 9.32. The van der Waals surface area contributed by atoms with Crippen LogP contribution in [0.3, 0.4) is 0 Å². The average molecular weight is 626 g/mol. The molecule has 5 atom stereocenters. The minimum absolute atomic E-state index is 0.0492. The van der Waals surface area contributed by atoms with Crippen LogP contribution in [-0.4, -0.2) is 45.7 Å². The lowest BCUT2D eigenvalue weighted by molar-refractivity contribution is -0.248. The fraction of sp³-hybridized carbons (Fsp3) is 0.265. The van der Waals surface area contributed by atoms with Crippen molar-refractivity contribution in [2.75, 3.05) is 13.7 Å². The fourth-order valence-corrected chi connectivity index (χ4v) is 7.08. The minimum atomic E-state index is -0.541. The maximum absolute atomic E-state index is 6.63. The zero-order chi connectivity index (χ0) is 29.9. The number of ether oxygens (including phenoxy) is 5. The first-order valence-electron chi connectivity index (χ1n) is 14.5. The highest BCUT2D eigenvalue weighted by atomic mass is 32.2. The van der Waals surface area contributed by atoms with Crippen molar-refractivity contribution in [2.45, 2.75) is 41.7 Å². The Kier molecular flexibility index (Phi) is 8.48. The number of methoxy groups -OCH3 is 1. The fourth-order valence-electron chi connectivity index (χ4n) is 5.94. The lowest BCUT2D eigenvalue weighted by Crippen LogP contribution is -2.42. The van der Waals surface area contributed by atoms with Gasteiger partial charge in [0.25, 0.3) is 0 Å². The number of fused-ring (bicyclic) bond motifs is 2. The van der Waals surface area contributed by atoms with E-state index in [1.54, 1.807) is 25.2 Å². The summed E-state index contributed by atoms with van der Waals surface area (Å²) >= 11 is 7.32. The van der Waals surface area contributed by atoms with Gasteiger partial charge in [0.2, 0.25) is 0 Å². The molecular weight excluding hydrogens is 595 g/mol. The Morgan fingerprint density at radius 3 is 2.50 bits per heavy atom. The summed E-state index contributed by atoms with van der Waals surface area (Å²) in [5, 5.41) is 1.99. The van der Waals surface area contributed by atoms with Crippen LogP contribution in [0.1, 0.15) is 29.9 Å². The van der Waals surface area contributed by atoms with Gasteiger partial charge in [-0.3, -0.25) is 0 Å². The van der Waals surface area contributed by atoms with Gasteiger partial charge in [-0.2, -0.15) is 0 Å². The van der Waals surface area contributed by atoms with E-state index in [4.69, 9.17) is 40.9 Å². The van der Waals surface area contributed by atoms with Crippen LogP contribution in [0, 0.1) is 5.92 Å². The Bertz CT molecular complexity index is 1720. The molecule has 224 valence electrons. The van der Waals surface area contributed by atoms with Crippen LogP contribution in [0.25, 0.3) is 11.0 Å². The summed E-state index contributed by atoms with van der Waals surface area (Å²) in [6, 6.07) is 29.5. The van der Waals surface area contributed by atoms with Gasteiger partial charge < -0.3 is 28.3 Å². The highest BCUT2D eigenvalue weighted by molar-refractivity contribution is 7.98. The lowest BCUT2D eigenvalue weighted by atomic mass is 10.0. The third kappa shape index (κ3) is 6.03. The molecule has 2 aromatic heterocycles. The summed E-state index contributed by atoms with van der Waals surface area (Å²) in [6.07, 6.45) is 3.19. The topological polar surface area (TPSA) is 76.9 Å². The van der Waals surface area contributed by atoms with Crippen LogP contribution >= 0.6 is 24.0 Å². The number of thiocarbonyl (C=S) groups is 1. The molecule has 8 nitrogen and oxygen atoms in total. The first-order valence-corrected chi connectivity index (χ1v) is 15.9. The number of aromatic nitrogens is 3. The van der Waals surface area contributed by atoms with E-state index in [0.29, 0.717) is 12.4 Å². The van der Waals surface area contributed by atoms with E-state index < -0.39 is 12.4 Å². The van der Waals surface area contributed by atoms with Gasteiger partial charge in [-0.05, 0) is 42.3 Å². The van der Waals surface area contributed by atoms with E-state index in [9.17, 15) is 0 Å². The quantitative estimate of drug-likeness (QED) is 0.101. The van der Waals surface area contributed by atoms with E-state index in [-0.39, 0.29) is 23.3 Å². The predicted octanol–water partition coefficient (Wildman–Crippen LogP) is 7.16. The van der Waals surface area contributed by atoms with Crippen molar-refractivity contribution in [1.82, 2.24) is 14.5 Å². The van der Waals surface area contributed by atoms with Crippen LogP contribution in [0.4, 0.5) is 0 Å². The zero-order valence-electron chi connectivity index (χ0n) is 24.0. The lowest BCUT2D eigenvalue weighted by Gasteiger charge is -2.35. The molecule has 10 heteroatoms. The molecule has 1 aliphatic carbocycles. The van der Waals surface area contributed by atoms with E-state index in [2.05, 4.69) is 46.1 Å². The van der Waals surface area contributed by atoms with Gasteiger partial charge in [-0.25, -0.2) is 9.97 Å². The molecule has 44 heavy (non-hydrogen) atoms. The van der Waals surface area contributed by atoms with Crippen molar-refractivity contribution >= 4 is 40.2 Å². The number of benzene rings is 3. The highest BCUT2D eigenvalue weighted by Crippen LogP contribution is 2.46. The van der Waals surface area contributed by atoms with Crippen LogP contribution < -0.4 is 9.47 Å². The van der Waals surface area contributed by atoms with E-state index >= 15 is 0 Å². The maximum Gasteiger partial charge on any atom is 0.358 e. The summed E-state index contributed by atoms with van der Waals surface area (Å²) in [6.45, 7) is 0.524. The summed E-state index contributed by atoms with van der Waals surface area (Å²) in [5.74, 6) is 2.30. The Hall–Kier alpha value is -3.96. The van der Waals surface area contributed by atoms with E-state index in [1.807, 2.05) is 60.7 Å². The number of para-hydroxylation sites is 1. The van der Waals surface area contributed by atoms with Crippen molar-refractivity contribution in [1.29, 1.82) is 0 Å². The van der Waals surface area contributed by atoms with Crippen LogP contribution in [0.2, 0.25) is 0 Å². The molecule has 0 N–H and O–H groups in total. The standard InChI is InChI=1S/C34H31N3O5S2/c1-38-25-14-12-23(13-15-25)33-39-19-24-18-28(30(29(24)41-33)42-34(43)40-26-10-6-3-7-11-26)37-17-16-27-31(37)35-21-36-32(27)44-20-22-8-4-2-5-9-22/h2-17,21,24,28-30,33H,18-20H2,1H3/t24-,28+,29+,30-,33?/m0/s1. The Morgan fingerprint density at radius 1 is 0.955 bits per heavy atom. The molecule has 1 saturated carbocycles. The van der Waals surface area contributed by atoms with Gasteiger partial charge in [-0.1, -0.05) is 60.7 Å². The number of thioether (sulfide) groups is 1. The first kappa shape index (κ1) is 28.8. The van der Waals surface area contributed by atoms with Gasteiger partial charge in [0.1, 0.15) is 34.6 Å². The summed E-state index contributed by atoms with van der Waals surface area (Å²) in [4.78, 5) is 9.33. The maximum atomic E-state index is 6.63. The molecule has 0 bridgehead atoms. The van der Waals surface area contributed by atoms with Crippen molar-refractivity contribution in [2.24, 2.45) is 5.92 Å². The average Bonchev–Trinajstić information content (AvgIpc) is 3.66. The molecule has 2 fully saturated rings. The second-order valence-electron chi connectivity index (χ2n) is 10.8. The van der Waals surface area contributed by atoms with E-state index in [0.717, 1.165) is 39.5 Å². The largest absolute Gasteiger partial charge is 0.497 e. The Balaban J connectivity index is 1.17. The molecule has 0 amide bonds. The molecule has 1 unspecified atom stereocenters. The van der Waals surface area contributed by atoms with Crippen LogP contribution in [-0.2, 0) is 20.0 Å². The number of hydrogen-bond donors (Lipinski definition) is 0. The van der Waals surface area contributed by atoms with Crippen molar-refractivity contribution in [3.05, 3.63) is 115 Å². The minimum Gasteiger partial charge on any atom is -0.497 e. The third-order valence-electron chi connectivity index (χ3n) is 8.07. The normalized spacial score (nSPS) is 22.8. The summed E-state index contributed by atoms with van der Waals surface area (Å²) in [5.41, 5.74) is 3.00. The van der Waals surface area contributed by atoms with Gasteiger partial charge in [0.05, 0.1) is 25.1 Å². The molecule has 0 spiro atoms. The number of nitrogens with zero attached hydrogens (tertiary/aromatic N) is 3. The smallest absolute Gasteiger partial charge is 0.358 e. The van der Waals surface area contributed by atoms with Gasteiger partial charge in [-0.15, -0.1) is 11.8 Å². The molecule has 1 saturated heterocycles. The van der Waals surface area contributed by atoms with Gasteiger partial charge >= 0.3 is 5.24 Å². The number of rotatable bonds is 8. The summed E-state index contributed by atoms with van der Waals surface area (Å²) in [7, 11) is 1.65. The molecular formula is C34H31N3O5S2. The second kappa shape index (κ2) is 13.0. The van der Waals surface area contributed by atoms with Crippen molar-refractivity contribution in [3.63, 3.8) is 0 Å². The van der Waals surface area contributed by atoms with Gasteiger partial charge in [0.15, 0.2) is 12.4 Å². The van der Waals surface area contributed by atoms with Crippen molar-refractivity contribution < 1.29 is 23.7 Å². The van der Waals surface area contributed by atoms with Crippen LogP contribution in [0.15, 0.2) is 109 Å². The van der Waals surface area contributed by atoms with Gasteiger partial charge in [0, 0.05) is 35.6 Å². The zero-order valence-corrected chi connectivity index (χ0v) is 25.7. The molecule has 0 radical (unpaired) electrons. The number of hydrogen-bond acceptors (Lipinski definition) is 9. The highest BCUT2D eigenvalue weighted by Gasteiger charge is 2.51. The molecule has 7 rings (SSSR count). The predicted molar refractivity (Wildman–Crippen MR) is 172 cm³/mol. The monoisotopic (exact) mass is 625 g/mol. The van der Waals surface area contributed by atoms with E-state index in [1.165, 1.54) is 5.56 Å². The molecule has 2 aliphatic rings. The molecule has 5 aromatic rings. The van der Waals surface area contributed by atoms with Crippen LogP contribution in [0.5, 0.6) is 11.5 Å². The Morgan fingerprint density at radius 2 is 1.73 bits per heavy atom. The second-order valence-corrected chi connectivity index (χ2v) is 12.1. The Labute approximate surface area is 265 Å². The molecule has 3 heterocycles. The molecule has 1 aliphatic heterocycles. The SMILES string of the molecule is COc1ccc(C2OC[C@@H]3C[C@@H](n4ccc5c(SCc6ccccc6)ncnc54)[C@H](OC(=S)Oc4ccccc4)[C@@H]3O2)cc1. The van der Waals surface area contributed by atoms with Crippen molar-refractivity contribution in [3.8, 4) is 11.5 Å². The summed E-state index contributed by atoms with van der Waals surface area (Å²) < 4.78 is 32.7. The molecule has 3 aromatic carbocycles.